The Balaban J connectivity index is 1.91. The third kappa shape index (κ3) is 2.65. The molecule has 86 valence electrons. The largest absolute Gasteiger partial charge is 0.349 e. The Hall–Kier alpha value is -0.810. The Labute approximate surface area is 103 Å². The van der Waals surface area contributed by atoms with E-state index in [2.05, 4.69) is 21.8 Å². The van der Waals surface area contributed by atoms with Crippen LogP contribution in [-0.4, -0.2) is 33.7 Å². The molecule has 0 atom stereocenters. The molecule has 0 bridgehead atoms. The number of aromatic nitrogens is 2. The minimum absolute atomic E-state index is 0.190. The van der Waals surface area contributed by atoms with Crippen molar-refractivity contribution in [3.8, 4) is 0 Å². The Morgan fingerprint density at radius 3 is 2.81 bits per heavy atom. The number of halogens is 1. The van der Waals surface area contributed by atoms with E-state index < -0.39 is 0 Å². The fourth-order valence-corrected chi connectivity index (χ4v) is 2.19. The third-order valence-corrected chi connectivity index (χ3v) is 4.30. The van der Waals surface area contributed by atoms with Crippen molar-refractivity contribution >= 4 is 29.3 Å². The first-order chi connectivity index (χ1) is 7.65. The lowest BCUT2D eigenvalue weighted by Gasteiger charge is -2.12. The molecular formula is C10H12ClN3OS. The van der Waals surface area contributed by atoms with Crippen molar-refractivity contribution < 1.29 is 4.79 Å². The minimum atomic E-state index is -0.190. The van der Waals surface area contributed by atoms with Gasteiger partial charge in [-0.15, -0.1) is 10.2 Å². The van der Waals surface area contributed by atoms with Crippen LogP contribution in [0.3, 0.4) is 0 Å². The smallest absolute Gasteiger partial charge is 0.271 e. The number of hydrogen-bond donors (Lipinski definition) is 1. The van der Waals surface area contributed by atoms with Gasteiger partial charge in [-0.3, -0.25) is 4.79 Å². The highest BCUT2D eigenvalue weighted by molar-refractivity contribution is 8.00. The predicted molar refractivity (Wildman–Crippen MR) is 64.9 cm³/mol. The topological polar surface area (TPSA) is 54.9 Å². The van der Waals surface area contributed by atoms with Crippen LogP contribution < -0.4 is 5.32 Å². The van der Waals surface area contributed by atoms with Crippen molar-refractivity contribution in [1.82, 2.24) is 15.5 Å². The molecule has 1 amide bonds. The van der Waals surface area contributed by atoms with Gasteiger partial charge >= 0.3 is 0 Å². The zero-order chi connectivity index (χ0) is 11.6. The highest BCUT2D eigenvalue weighted by Crippen LogP contribution is 2.46. The van der Waals surface area contributed by atoms with Crippen LogP contribution in [0.5, 0.6) is 0 Å². The van der Waals surface area contributed by atoms with E-state index in [0.29, 0.717) is 17.4 Å². The minimum Gasteiger partial charge on any atom is -0.349 e. The molecule has 1 heterocycles. The zero-order valence-electron chi connectivity index (χ0n) is 8.86. The fourth-order valence-electron chi connectivity index (χ4n) is 1.36. The maximum atomic E-state index is 11.7. The second-order valence-electron chi connectivity index (χ2n) is 3.81. The summed E-state index contributed by atoms with van der Waals surface area (Å²) in [6, 6.07) is 3.13. The summed E-state index contributed by atoms with van der Waals surface area (Å²) in [5, 5.41) is 10.5. The second-order valence-corrected chi connectivity index (χ2v) is 5.47. The van der Waals surface area contributed by atoms with Crippen LogP contribution in [-0.2, 0) is 0 Å². The van der Waals surface area contributed by atoms with Crippen molar-refractivity contribution in [2.24, 2.45) is 0 Å². The molecule has 0 aromatic carbocycles. The summed E-state index contributed by atoms with van der Waals surface area (Å²) in [4.78, 5) is 11.7. The van der Waals surface area contributed by atoms with Gasteiger partial charge in [-0.25, -0.2) is 0 Å². The van der Waals surface area contributed by atoms with Crippen LogP contribution in [0.25, 0.3) is 0 Å². The Morgan fingerprint density at radius 1 is 1.56 bits per heavy atom. The average molecular weight is 258 g/mol. The highest BCUT2D eigenvalue weighted by Gasteiger charge is 2.42. The molecule has 0 radical (unpaired) electrons. The third-order valence-electron chi connectivity index (χ3n) is 2.68. The van der Waals surface area contributed by atoms with E-state index >= 15 is 0 Å². The number of nitrogens with zero attached hydrogens (tertiary/aromatic N) is 2. The zero-order valence-corrected chi connectivity index (χ0v) is 10.4. The van der Waals surface area contributed by atoms with Crippen molar-refractivity contribution in [1.29, 1.82) is 0 Å². The van der Waals surface area contributed by atoms with Gasteiger partial charge in [0.25, 0.3) is 5.91 Å². The monoisotopic (exact) mass is 257 g/mol. The lowest BCUT2D eigenvalue weighted by molar-refractivity contribution is 0.0947. The van der Waals surface area contributed by atoms with Crippen molar-refractivity contribution in [3.05, 3.63) is 23.0 Å². The molecule has 6 heteroatoms. The van der Waals surface area contributed by atoms with E-state index in [0.717, 1.165) is 0 Å². The Bertz CT molecular complexity index is 392. The number of hydrogen-bond acceptors (Lipinski definition) is 4. The quantitative estimate of drug-likeness (QED) is 0.893. The maximum absolute atomic E-state index is 11.7. The molecular weight excluding hydrogens is 246 g/mol. The van der Waals surface area contributed by atoms with Crippen LogP contribution in [0.2, 0.25) is 5.15 Å². The van der Waals surface area contributed by atoms with Gasteiger partial charge in [0.05, 0.1) is 0 Å². The molecule has 1 aliphatic rings. The molecule has 2 rings (SSSR count). The van der Waals surface area contributed by atoms with Crippen LogP contribution >= 0.6 is 23.4 Å². The van der Waals surface area contributed by atoms with E-state index in [1.165, 1.54) is 12.8 Å². The summed E-state index contributed by atoms with van der Waals surface area (Å²) in [6.45, 7) is 0.692. The van der Waals surface area contributed by atoms with Crippen LogP contribution in [0.15, 0.2) is 12.1 Å². The van der Waals surface area contributed by atoms with Gasteiger partial charge in [-0.2, -0.15) is 11.8 Å². The predicted octanol–water partition coefficient (Wildman–Crippen LogP) is 1.76. The Kier molecular flexibility index (Phi) is 3.35. The van der Waals surface area contributed by atoms with Gasteiger partial charge in [0.2, 0.25) is 0 Å². The average Bonchev–Trinajstić information content (AvgIpc) is 3.08. The molecule has 1 aromatic heterocycles. The first kappa shape index (κ1) is 11.7. The number of carbonyl (C=O) groups excluding carboxylic acids is 1. The molecule has 1 N–H and O–H groups in total. The maximum Gasteiger partial charge on any atom is 0.271 e. The molecule has 0 aliphatic heterocycles. The molecule has 1 aromatic rings. The molecule has 0 unspecified atom stereocenters. The van der Waals surface area contributed by atoms with Gasteiger partial charge < -0.3 is 5.32 Å². The highest BCUT2D eigenvalue weighted by atomic mass is 35.5. The van der Waals surface area contributed by atoms with E-state index in [9.17, 15) is 4.79 Å². The summed E-state index contributed by atoms with van der Waals surface area (Å²) in [5.41, 5.74) is 0.307. The summed E-state index contributed by atoms with van der Waals surface area (Å²) < 4.78 is 0.259. The SMILES string of the molecule is CSC1(CNC(=O)c2ccc(Cl)nn2)CC1. The molecule has 1 saturated carbocycles. The Morgan fingerprint density at radius 2 is 2.31 bits per heavy atom. The van der Waals surface area contributed by atoms with Gasteiger partial charge in [0, 0.05) is 11.3 Å². The summed E-state index contributed by atoms with van der Waals surface area (Å²) in [6.07, 6.45) is 4.41. The van der Waals surface area contributed by atoms with Crippen LogP contribution in [0.4, 0.5) is 0 Å². The van der Waals surface area contributed by atoms with E-state index in [-0.39, 0.29) is 10.7 Å². The normalized spacial score (nSPS) is 16.9. The number of thioether (sulfide) groups is 1. The fraction of sp³-hybridized carbons (Fsp3) is 0.500. The van der Waals surface area contributed by atoms with Gasteiger partial charge in [0.1, 0.15) is 0 Å². The van der Waals surface area contributed by atoms with E-state index in [1.807, 2.05) is 0 Å². The summed E-state index contributed by atoms with van der Waals surface area (Å²) in [5.74, 6) is -0.190. The molecule has 1 aliphatic carbocycles. The first-order valence-electron chi connectivity index (χ1n) is 4.98. The van der Waals surface area contributed by atoms with Crippen molar-refractivity contribution in [2.75, 3.05) is 12.8 Å². The summed E-state index contributed by atoms with van der Waals surface area (Å²) in [7, 11) is 0. The number of carbonyl (C=O) groups is 1. The first-order valence-corrected chi connectivity index (χ1v) is 6.58. The second kappa shape index (κ2) is 4.59. The molecule has 1 fully saturated rings. The van der Waals surface area contributed by atoms with Gasteiger partial charge in [-0.05, 0) is 31.2 Å². The lowest BCUT2D eigenvalue weighted by atomic mass is 10.3. The van der Waals surface area contributed by atoms with E-state index in [4.69, 9.17) is 11.6 Å². The number of amides is 1. The van der Waals surface area contributed by atoms with Crippen molar-refractivity contribution in [2.45, 2.75) is 17.6 Å². The molecule has 4 nitrogen and oxygen atoms in total. The van der Waals surface area contributed by atoms with Crippen LogP contribution in [0, 0.1) is 0 Å². The summed E-state index contributed by atoms with van der Waals surface area (Å²) >= 11 is 7.40. The molecule has 0 saturated heterocycles. The van der Waals surface area contributed by atoms with Gasteiger partial charge in [-0.1, -0.05) is 11.6 Å². The standard InChI is InChI=1S/C10H12ClN3OS/c1-16-10(4-5-10)6-12-9(15)7-2-3-8(11)14-13-7/h2-3H,4-6H2,1H3,(H,12,15). The van der Waals surface area contributed by atoms with E-state index in [1.54, 1.807) is 23.9 Å². The van der Waals surface area contributed by atoms with Crippen LogP contribution in [0.1, 0.15) is 23.3 Å². The molecule has 16 heavy (non-hydrogen) atoms. The van der Waals surface area contributed by atoms with Gasteiger partial charge in [0.15, 0.2) is 10.8 Å². The molecule has 0 spiro atoms. The van der Waals surface area contributed by atoms with Crippen molar-refractivity contribution in [3.63, 3.8) is 0 Å². The lowest BCUT2D eigenvalue weighted by Crippen LogP contribution is -2.32. The number of rotatable bonds is 4. The number of nitrogens with one attached hydrogen (secondary N) is 1.